The van der Waals surface area contributed by atoms with E-state index in [0.717, 1.165) is 21.4 Å². The zero-order valence-corrected chi connectivity index (χ0v) is 12.9. The molecule has 0 saturated heterocycles. The fraction of sp³-hybridized carbons (Fsp3) is 0.200. The Morgan fingerprint density at radius 2 is 2.10 bits per heavy atom. The fourth-order valence-electron chi connectivity index (χ4n) is 1.78. The van der Waals surface area contributed by atoms with Crippen molar-refractivity contribution < 1.29 is 4.79 Å². The van der Waals surface area contributed by atoms with Gasteiger partial charge in [-0.15, -0.1) is 0 Å². The summed E-state index contributed by atoms with van der Waals surface area (Å²) in [5.41, 5.74) is 2.69. The molecule has 2 aromatic rings. The van der Waals surface area contributed by atoms with Gasteiger partial charge < -0.3 is 10.6 Å². The van der Waals surface area contributed by atoms with E-state index < -0.39 is 0 Å². The average Bonchev–Trinajstić information content (AvgIpc) is 2.43. The molecule has 1 heterocycles. The highest BCUT2D eigenvalue weighted by molar-refractivity contribution is 9.10. The lowest BCUT2D eigenvalue weighted by molar-refractivity contribution is 0.249. The quantitative estimate of drug-likeness (QED) is 0.890. The molecule has 1 aromatic heterocycles. The van der Waals surface area contributed by atoms with Gasteiger partial charge in [-0.25, -0.2) is 4.79 Å². The predicted octanol–water partition coefficient (Wildman–Crippen LogP) is 4.04. The normalized spacial score (nSPS) is 11.8. The Hall–Kier alpha value is -1.88. The summed E-state index contributed by atoms with van der Waals surface area (Å²) in [6.07, 6.45) is 1.71. The Labute approximate surface area is 126 Å². The van der Waals surface area contributed by atoms with Crippen molar-refractivity contribution in [1.82, 2.24) is 10.3 Å². The molecule has 4 nitrogen and oxygen atoms in total. The van der Waals surface area contributed by atoms with Crippen LogP contribution >= 0.6 is 15.9 Å². The van der Waals surface area contributed by atoms with Crippen molar-refractivity contribution in [2.75, 3.05) is 5.32 Å². The lowest BCUT2D eigenvalue weighted by atomic mass is 10.2. The van der Waals surface area contributed by atoms with E-state index in [2.05, 4.69) is 31.5 Å². The maximum Gasteiger partial charge on any atom is 0.319 e. The van der Waals surface area contributed by atoms with Crippen molar-refractivity contribution in [3.8, 4) is 0 Å². The van der Waals surface area contributed by atoms with Crippen molar-refractivity contribution in [2.24, 2.45) is 0 Å². The molecular formula is C15H16BrN3O. The van der Waals surface area contributed by atoms with Crippen LogP contribution in [-0.2, 0) is 0 Å². The fourth-order valence-corrected chi connectivity index (χ4v) is 2.37. The monoisotopic (exact) mass is 333 g/mol. The van der Waals surface area contributed by atoms with Crippen molar-refractivity contribution in [2.45, 2.75) is 19.9 Å². The minimum atomic E-state index is -0.257. The first-order valence-corrected chi connectivity index (χ1v) is 7.10. The second-order valence-corrected chi connectivity index (χ2v) is 5.41. The number of hydrogen-bond donors (Lipinski definition) is 2. The first-order chi connectivity index (χ1) is 9.56. The van der Waals surface area contributed by atoms with Gasteiger partial charge >= 0.3 is 6.03 Å². The zero-order chi connectivity index (χ0) is 14.5. The van der Waals surface area contributed by atoms with E-state index in [4.69, 9.17) is 0 Å². The molecule has 1 aromatic carbocycles. The van der Waals surface area contributed by atoms with Gasteiger partial charge in [-0.2, -0.15) is 0 Å². The summed E-state index contributed by atoms with van der Waals surface area (Å²) >= 11 is 3.43. The molecule has 5 heteroatoms. The summed E-state index contributed by atoms with van der Waals surface area (Å²) in [7, 11) is 0. The standard InChI is InChI=1S/C15H16BrN3O/c1-10-6-7-14(12(16)9-10)19-15(20)18-11(2)13-5-3-4-8-17-13/h3-9,11H,1-2H3,(H2,18,19,20)/t11-/m0/s1. The van der Waals surface area contributed by atoms with Gasteiger partial charge in [0.15, 0.2) is 0 Å². The van der Waals surface area contributed by atoms with Crippen LogP contribution in [0.3, 0.4) is 0 Å². The molecule has 104 valence electrons. The molecule has 0 radical (unpaired) electrons. The second kappa shape index (κ2) is 6.52. The van der Waals surface area contributed by atoms with Crippen LogP contribution in [0.1, 0.15) is 24.2 Å². The summed E-state index contributed by atoms with van der Waals surface area (Å²) in [6.45, 7) is 3.89. The Morgan fingerprint density at radius 3 is 2.75 bits per heavy atom. The number of carbonyl (C=O) groups is 1. The minimum Gasteiger partial charge on any atom is -0.330 e. The van der Waals surface area contributed by atoms with Gasteiger partial charge in [-0.1, -0.05) is 12.1 Å². The van der Waals surface area contributed by atoms with Crippen LogP contribution in [0.4, 0.5) is 10.5 Å². The number of hydrogen-bond acceptors (Lipinski definition) is 2. The van der Waals surface area contributed by atoms with Crippen molar-refractivity contribution in [3.05, 3.63) is 58.3 Å². The molecular weight excluding hydrogens is 318 g/mol. The molecule has 0 aliphatic rings. The van der Waals surface area contributed by atoms with Crippen LogP contribution in [0, 0.1) is 6.92 Å². The molecule has 2 N–H and O–H groups in total. The molecule has 0 aliphatic carbocycles. The van der Waals surface area contributed by atoms with E-state index >= 15 is 0 Å². The van der Waals surface area contributed by atoms with Gasteiger partial charge in [-0.05, 0) is 59.6 Å². The van der Waals surface area contributed by atoms with E-state index in [1.165, 1.54) is 0 Å². The van der Waals surface area contributed by atoms with Crippen LogP contribution in [0.15, 0.2) is 47.1 Å². The number of rotatable bonds is 3. The summed E-state index contributed by atoms with van der Waals surface area (Å²) in [4.78, 5) is 16.2. The predicted molar refractivity (Wildman–Crippen MR) is 83.7 cm³/mol. The Kier molecular flexibility index (Phi) is 4.74. The number of pyridine rings is 1. The van der Waals surface area contributed by atoms with Gasteiger partial charge in [0.1, 0.15) is 0 Å². The molecule has 0 unspecified atom stereocenters. The highest BCUT2D eigenvalue weighted by atomic mass is 79.9. The Morgan fingerprint density at radius 1 is 1.30 bits per heavy atom. The molecule has 0 bridgehead atoms. The van der Waals surface area contributed by atoms with Crippen molar-refractivity contribution >= 4 is 27.6 Å². The number of carbonyl (C=O) groups excluding carboxylic acids is 1. The van der Waals surface area contributed by atoms with Gasteiger partial charge in [0.25, 0.3) is 0 Å². The molecule has 2 amide bonds. The maximum atomic E-state index is 12.0. The van der Waals surface area contributed by atoms with Crippen LogP contribution in [-0.4, -0.2) is 11.0 Å². The molecule has 2 rings (SSSR count). The number of nitrogens with one attached hydrogen (secondary N) is 2. The summed E-state index contributed by atoms with van der Waals surface area (Å²) < 4.78 is 0.859. The zero-order valence-electron chi connectivity index (χ0n) is 11.4. The lowest BCUT2D eigenvalue weighted by Gasteiger charge is -2.15. The van der Waals surface area contributed by atoms with Crippen molar-refractivity contribution in [3.63, 3.8) is 0 Å². The average molecular weight is 334 g/mol. The molecule has 0 aliphatic heterocycles. The van der Waals surface area contributed by atoms with Gasteiger partial charge in [0.05, 0.1) is 17.4 Å². The van der Waals surface area contributed by atoms with Crippen LogP contribution < -0.4 is 10.6 Å². The van der Waals surface area contributed by atoms with Crippen LogP contribution in [0.2, 0.25) is 0 Å². The van der Waals surface area contributed by atoms with Gasteiger partial charge in [0, 0.05) is 10.7 Å². The number of aryl methyl sites for hydroxylation is 1. The number of aromatic nitrogens is 1. The Bertz CT molecular complexity index is 601. The topological polar surface area (TPSA) is 54.0 Å². The molecule has 20 heavy (non-hydrogen) atoms. The number of halogens is 1. The number of anilines is 1. The third kappa shape index (κ3) is 3.81. The van der Waals surface area contributed by atoms with Crippen molar-refractivity contribution in [1.29, 1.82) is 0 Å². The smallest absolute Gasteiger partial charge is 0.319 e. The first-order valence-electron chi connectivity index (χ1n) is 6.31. The van der Waals surface area contributed by atoms with E-state index in [0.29, 0.717) is 0 Å². The number of nitrogens with zero attached hydrogens (tertiary/aromatic N) is 1. The van der Waals surface area contributed by atoms with E-state index in [1.807, 2.05) is 50.2 Å². The van der Waals surface area contributed by atoms with Crippen LogP contribution in [0.25, 0.3) is 0 Å². The number of benzene rings is 1. The minimum absolute atomic E-state index is 0.152. The molecule has 1 atom stereocenters. The van der Waals surface area contributed by atoms with E-state index in [9.17, 15) is 4.79 Å². The number of urea groups is 1. The molecule has 0 spiro atoms. The van der Waals surface area contributed by atoms with E-state index in [1.54, 1.807) is 6.20 Å². The highest BCUT2D eigenvalue weighted by Gasteiger charge is 2.11. The first kappa shape index (κ1) is 14.5. The van der Waals surface area contributed by atoms with Gasteiger partial charge in [0.2, 0.25) is 0 Å². The number of amides is 2. The molecule has 0 saturated carbocycles. The van der Waals surface area contributed by atoms with Gasteiger partial charge in [-0.3, -0.25) is 4.98 Å². The molecule has 0 fully saturated rings. The summed E-state index contributed by atoms with van der Waals surface area (Å²) in [5.74, 6) is 0. The largest absolute Gasteiger partial charge is 0.330 e. The highest BCUT2D eigenvalue weighted by Crippen LogP contribution is 2.23. The summed E-state index contributed by atoms with van der Waals surface area (Å²) in [6, 6.07) is 11.0. The maximum absolute atomic E-state index is 12.0. The van der Waals surface area contributed by atoms with Crippen LogP contribution in [0.5, 0.6) is 0 Å². The summed E-state index contributed by atoms with van der Waals surface area (Å²) in [5, 5.41) is 5.67. The third-order valence-electron chi connectivity index (χ3n) is 2.85. The SMILES string of the molecule is Cc1ccc(NC(=O)N[C@@H](C)c2ccccn2)c(Br)c1. The third-order valence-corrected chi connectivity index (χ3v) is 3.51. The van der Waals surface area contributed by atoms with E-state index in [-0.39, 0.29) is 12.1 Å². The second-order valence-electron chi connectivity index (χ2n) is 4.56. The lowest BCUT2D eigenvalue weighted by Crippen LogP contribution is -2.31. The Balaban J connectivity index is 1.99.